The van der Waals surface area contributed by atoms with Crippen molar-refractivity contribution in [3.8, 4) is 0 Å². The van der Waals surface area contributed by atoms with Crippen LogP contribution < -0.4 is 5.32 Å². The van der Waals surface area contributed by atoms with Gasteiger partial charge in [0.1, 0.15) is 6.04 Å². The molecule has 0 bridgehead atoms. The lowest BCUT2D eigenvalue weighted by Gasteiger charge is -2.17. The van der Waals surface area contributed by atoms with Crippen molar-refractivity contribution >= 4 is 57.7 Å². The molecule has 1 aromatic rings. The third-order valence-electron chi connectivity index (χ3n) is 2.55. The minimum absolute atomic E-state index is 0.151. The van der Waals surface area contributed by atoms with Crippen LogP contribution in [0, 0.1) is 9.49 Å². The van der Waals surface area contributed by atoms with Gasteiger partial charge in [-0.05, 0) is 47.1 Å². The zero-order valence-corrected chi connectivity index (χ0v) is 14.6. The number of carbonyl (C=O) groups is 2. The van der Waals surface area contributed by atoms with Gasteiger partial charge in [-0.25, -0.2) is 4.79 Å². The zero-order valence-electron chi connectivity index (χ0n) is 10.9. The average molecular weight is 430 g/mol. The van der Waals surface area contributed by atoms with Crippen molar-refractivity contribution in [2.24, 2.45) is 5.92 Å². The Morgan fingerprint density at radius 3 is 2.45 bits per heavy atom. The molecule has 1 unspecified atom stereocenters. The quantitative estimate of drug-likeness (QED) is 0.552. The topological polar surface area (TPSA) is 66.4 Å². The fraction of sp³-hybridized carbons (Fsp3) is 0.385. The third-order valence-corrected chi connectivity index (χ3v) is 4.55. The van der Waals surface area contributed by atoms with Crippen LogP contribution in [0.3, 0.4) is 0 Å². The molecule has 7 heteroatoms. The van der Waals surface area contributed by atoms with E-state index in [2.05, 4.69) is 5.32 Å². The maximum Gasteiger partial charge on any atom is 0.326 e. The molecular formula is C13H14Cl2INO3. The minimum atomic E-state index is -1.06. The molecule has 0 saturated carbocycles. The summed E-state index contributed by atoms with van der Waals surface area (Å²) >= 11 is 13.8. The molecule has 1 rings (SSSR count). The Bertz CT molecular complexity index is 535. The number of carboxylic acids is 1. The van der Waals surface area contributed by atoms with E-state index in [1.807, 2.05) is 36.4 Å². The first-order valence-corrected chi connectivity index (χ1v) is 7.74. The maximum atomic E-state index is 12.2. The summed E-state index contributed by atoms with van der Waals surface area (Å²) < 4.78 is 0.542. The minimum Gasteiger partial charge on any atom is -0.480 e. The van der Waals surface area contributed by atoms with Crippen molar-refractivity contribution in [2.45, 2.75) is 26.3 Å². The molecule has 0 aromatic heterocycles. The summed E-state index contributed by atoms with van der Waals surface area (Å²) in [5.74, 6) is -1.40. The molecule has 0 radical (unpaired) electrons. The lowest BCUT2D eigenvalue weighted by molar-refractivity contribution is -0.139. The van der Waals surface area contributed by atoms with E-state index in [0.29, 0.717) is 20.0 Å². The number of nitrogens with one attached hydrogen (secondary N) is 1. The van der Waals surface area contributed by atoms with E-state index in [9.17, 15) is 9.59 Å². The van der Waals surface area contributed by atoms with Crippen molar-refractivity contribution in [1.29, 1.82) is 0 Å². The zero-order chi connectivity index (χ0) is 15.4. The Morgan fingerprint density at radius 1 is 1.35 bits per heavy atom. The van der Waals surface area contributed by atoms with Gasteiger partial charge in [0.2, 0.25) is 0 Å². The van der Waals surface area contributed by atoms with Crippen molar-refractivity contribution < 1.29 is 14.7 Å². The van der Waals surface area contributed by atoms with Gasteiger partial charge >= 0.3 is 5.97 Å². The highest BCUT2D eigenvalue weighted by molar-refractivity contribution is 14.1. The SMILES string of the molecule is CC(C)CC(NC(=O)c1cc(Cl)cc(Cl)c1I)C(=O)O. The number of hydrogen-bond acceptors (Lipinski definition) is 2. The summed E-state index contributed by atoms with van der Waals surface area (Å²) in [5.41, 5.74) is 0.276. The lowest BCUT2D eigenvalue weighted by atomic mass is 10.0. The van der Waals surface area contributed by atoms with Crippen LogP contribution in [0.1, 0.15) is 30.6 Å². The standard InChI is InChI=1S/C13H14Cl2INO3/c1-6(2)3-10(13(19)20)17-12(18)8-4-7(14)5-9(15)11(8)16/h4-6,10H,3H2,1-2H3,(H,17,18)(H,19,20). The van der Waals surface area contributed by atoms with Crippen molar-refractivity contribution in [3.63, 3.8) is 0 Å². The second-order valence-electron chi connectivity index (χ2n) is 4.74. The van der Waals surface area contributed by atoms with Crippen LogP contribution in [0.4, 0.5) is 0 Å². The van der Waals surface area contributed by atoms with Crippen molar-refractivity contribution in [1.82, 2.24) is 5.32 Å². The first-order chi connectivity index (χ1) is 9.22. The highest BCUT2D eigenvalue weighted by Gasteiger charge is 2.23. The number of halogens is 3. The number of aliphatic carboxylic acids is 1. The van der Waals surface area contributed by atoms with Crippen LogP contribution in [0.2, 0.25) is 10.0 Å². The Labute approximate surface area is 141 Å². The van der Waals surface area contributed by atoms with Crippen LogP contribution in [0.15, 0.2) is 12.1 Å². The third kappa shape index (κ3) is 4.79. The van der Waals surface area contributed by atoms with Gasteiger partial charge in [-0.2, -0.15) is 0 Å². The number of amides is 1. The molecule has 0 aliphatic carbocycles. The van der Waals surface area contributed by atoms with E-state index < -0.39 is 17.9 Å². The largest absolute Gasteiger partial charge is 0.480 e. The molecule has 1 aromatic carbocycles. The molecule has 110 valence electrons. The van der Waals surface area contributed by atoms with E-state index in [0.717, 1.165) is 0 Å². The van der Waals surface area contributed by atoms with Gasteiger partial charge in [-0.1, -0.05) is 37.0 Å². The number of carbonyl (C=O) groups excluding carboxylic acids is 1. The second kappa shape index (κ2) is 7.47. The predicted octanol–water partition coefficient (Wildman–Crippen LogP) is 3.83. The number of hydrogen-bond donors (Lipinski definition) is 2. The molecule has 20 heavy (non-hydrogen) atoms. The van der Waals surface area contributed by atoms with Crippen LogP contribution in [0.25, 0.3) is 0 Å². The number of carboxylic acid groups (broad SMARTS) is 1. The van der Waals surface area contributed by atoms with Gasteiger partial charge in [0.25, 0.3) is 5.91 Å². The van der Waals surface area contributed by atoms with Gasteiger partial charge < -0.3 is 10.4 Å². The molecule has 2 N–H and O–H groups in total. The summed E-state index contributed by atoms with van der Waals surface area (Å²) in [6, 6.07) is 2.07. The van der Waals surface area contributed by atoms with Crippen LogP contribution in [0.5, 0.6) is 0 Å². The van der Waals surface area contributed by atoms with E-state index >= 15 is 0 Å². The molecule has 1 amide bonds. The number of benzene rings is 1. The van der Waals surface area contributed by atoms with E-state index in [-0.39, 0.29) is 11.5 Å². The van der Waals surface area contributed by atoms with Crippen LogP contribution in [-0.4, -0.2) is 23.0 Å². The molecule has 0 fully saturated rings. The van der Waals surface area contributed by atoms with Crippen molar-refractivity contribution in [3.05, 3.63) is 31.3 Å². The normalized spacial score (nSPS) is 12.3. The van der Waals surface area contributed by atoms with Crippen LogP contribution >= 0.6 is 45.8 Å². The van der Waals surface area contributed by atoms with Gasteiger partial charge in [0.15, 0.2) is 0 Å². The Morgan fingerprint density at radius 2 is 1.95 bits per heavy atom. The predicted molar refractivity (Wildman–Crippen MR) is 87.5 cm³/mol. The lowest BCUT2D eigenvalue weighted by Crippen LogP contribution is -2.41. The summed E-state index contributed by atoms with van der Waals surface area (Å²) in [6.07, 6.45) is 0.353. The first-order valence-electron chi connectivity index (χ1n) is 5.90. The highest BCUT2D eigenvalue weighted by Crippen LogP contribution is 2.27. The van der Waals surface area contributed by atoms with E-state index in [1.54, 1.807) is 0 Å². The molecule has 0 spiro atoms. The maximum absolute atomic E-state index is 12.2. The van der Waals surface area contributed by atoms with E-state index in [4.69, 9.17) is 28.3 Å². The Balaban J connectivity index is 2.97. The van der Waals surface area contributed by atoms with Gasteiger partial charge in [0, 0.05) is 8.59 Å². The van der Waals surface area contributed by atoms with E-state index in [1.165, 1.54) is 12.1 Å². The van der Waals surface area contributed by atoms with Crippen LogP contribution in [-0.2, 0) is 4.79 Å². The highest BCUT2D eigenvalue weighted by atomic mass is 127. The number of rotatable bonds is 5. The summed E-state index contributed by atoms with van der Waals surface area (Å²) in [7, 11) is 0. The molecule has 0 aliphatic heterocycles. The fourth-order valence-electron chi connectivity index (χ4n) is 1.65. The second-order valence-corrected chi connectivity index (χ2v) is 6.67. The summed E-state index contributed by atoms with van der Waals surface area (Å²) in [4.78, 5) is 23.3. The van der Waals surface area contributed by atoms with Crippen molar-refractivity contribution in [2.75, 3.05) is 0 Å². The Hall–Kier alpha value is -0.530. The summed E-state index contributed by atoms with van der Waals surface area (Å²) in [6.45, 7) is 3.78. The molecule has 0 aliphatic rings. The van der Waals surface area contributed by atoms with Gasteiger partial charge in [-0.3, -0.25) is 4.79 Å². The van der Waals surface area contributed by atoms with Gasteiger partial charge in [0.05, 0.1) is 10.6 Å². The van der Waals surface area contributed by atoms with Gasteiger partial charge in [-0.15, -0.1) is 0 Å². The fourth-order valence-corrected chi connectivity index (χ4v) is 2.70. The smallest absolute Gasteiger partial charge is 0.326 e. The molecule has 0 heterocycles. The molecule has 1 atom stereocenters. The molecule has 4 nitrogen and oxygen atoms in total. The Kier molecular flexibility index (Phi) is 6.54. The first kappa shape index (κ1) is 17.5. The monoisotopic (exact) mass is 429 g/mol. The summed E-state index contributed by atoms with van der Waals surface area (Å²) in [5, 5.41) is 12.3. The molecular weight excluding hydrogens is 416 g/mol. The molecule has 0 saturated heterocycles. The average Bonchev–Trinajstić information content (AvgIpc) is 2.32.